The number of amides is 1. The van der Waals surface area contributed by atoms with E-state index >= 15 is 0 Å². The number of carbonyl (C=O) groups is 1. The molecule has 0 aliphatic rings. The Labute approximate surface area is 212 Å². The van der Waals surface area contributed by atoms with Crippen molar-refractivity contribution in [3.05, 3.63) is 23.8 Å². The zero-order valence-electron chi connectivity index (χ0n) is 22.4. The van der Waals surface area contributed by atoms with E-state index in [1.54, 1.807) is 7.11 Å². The Morgan fingerprint density at radius 1 is 0.886 bits per heavy atom. The number of nitrogens with zero attached hydrogens (tertiary/aromatic N) is 1. The van der Waals surface area contributed by atoms with E-state index in [1.807, 2.05) is 19.1 Å². The zero-order chi connectivity index (χ0) is 25.6. The highest BCUT2D eigenvalue weighted by Crippen LogP contribution is 2.26. The highest BCUT2D eigenvalue weighted by molar-refractivity contribution is 5.75. The first-order chi connectivity index (χ1) is 17.1. The summed E-state index contributed by atoms with van der Waals surface area (Å²) >= 11 is 0. The Morgan fingerprint density at radius 3 is 2.20 bits per heavy atom. The van der Waals surface area contributed by atoms with Crippen molar-refractivity contribution in [2.24, 2.45) is 0 Å². The molecule has 0 heterocycles. The van der Waals surface area contributed by atoms with Gasteiger partial charge in [0.25, 0.3) is 0 Å². The van der Waals surface area contributed by atoms with Gasteiger partial charge in [0, 0.05) is 50.9 Å². The molecule has 0 aliphatic carbocycles. The van der Waals surface area contributed by atoms with E-state index in [1.165, 1.54) is 0 Å². The lowest BCUT2D eigenvalue weighted by Gasteiger charge is -2.22. The zero-order valence-corrected chi connectivity index (χ0v) is 22.4. The molecule has 8 heteroatoms. The summed E-state index contributed by atoms with van der Waals surface area (Å²) in [6, 6.07) is 5.95. The number of carbonyl (C=O) groups excluding carboxylic acids is 1. The summed E-state index contributed by atoms with van der Waals surface area (Å²) < 4.78 is 28.1. The fourth-order valence-corrected chi connectivity index (χ4v) is 3.42. The third-order valence-corrected chi connectivity index (χ3v) is 5.44. The monoisotopic (exact) mass is 496 g/mol. The molecule has 202 valence electrons. The molecule has 0 bridgehead atoms. The summed E-state index contributed by atoms with van der Waals surface area (Å²) in [5.74, 6) is 1.63. The number of methoxy groups -OCH3 is 1. The lowest BCUT2D eigenvalue weighted by Crippen LogP contribution is -2.25. The molecule has 0 saturated heterocycles. The average Bonchev–Trinajstić information content (AvgIpc) is 2.87. The highest BCUT2D eigenvalue weighted by atomic mass is 16.5. The standard InChI is InChI=1S/C27H48N2O6/c1-5-8-15-32-18-20-34-21-19-33-16-10-14-29(7-3)23-24-12-13-25(22-26(24)31-4)35-17-9-11-27(30)28-6-2/h12-13,22H,5-11,14-21,23H2,1-4H3,(H,28,30). The van der Waals surface area contributed by atoms with Gasteiger partial charge in [0.05, 0.1) is 40.1 Å². The molecule has 0 fully saturated rings. The second kappa shape index (κ2) is 21.4. The normalized spacial score (nSPS) is 11.1. The Bertz CT molecular complexity index is 659. The van der Waals surface area contributed by atoms with Gasteiger partial charge in [-0.15, -0.1) is 0 Å². The fraction of sp³-hybridized carbons (Fsp3) is 0.741. The van der Waals surface area contributed by atoms with Crippen LogP contribution in [0.25, 0.3) is 0 Å². The Morgan fingerprint density at radius 2 is 1.57 bits per heavy atom. The molecule has 0 unspecified atom stereocenters. The number of rotatable bonds is 23. The van der Waals surface area contributed by atoms with Gasteiger partial charge in [-0.05, 0) is 38.8 Å². The van der Waals surface area contributed by atoms with Gasteiger partial charge in [0.15, 0.2) is 0 Å². The predicted molar refractivity (Wildman–Crippen MR) is 139 cm³/mol. The van der Waals surface area contributed by atoms with Crippen LogP contribution in [-0.4, -0.2) is 83.8 Å². The summed E-state index contributed by atoms with van der Waals surface area (Å²) in [6.07, 6.45) is 4.37. The van der Waals surface area contributed by atoms with Gasteiger partial charge >= 0.3 is 0 Å². The minimum absolute atomic E-state index is 0.0608. The molecule has 0 aliphatic heterocycles. The molecule has 1 aromatic rings. The quantitative estimate of drug-likeness (QED) is 0.229. The van der Waals surface area contributed by atoms with Crippen LogP contribution in [-0.2, 0) is 25.5 Å². The molecule has 0 atom stereocenters. The van der Waals surface area contributed by atoms with Crippen LogP contribution in [0, 0.1) is 0 Å². The summed E-state index contributed by atoms with van der Waals surface area (Å²) in [7, 11) is 1.68. The number of unbranched alkanes of at least 4 members (excludes halogenated alkanes) is 1. The van der Waals surface area contributed by atoms with Crippen molar-refractivity contribution in [2.45, 2.75) is 59.4 Å². The second-order valence-corrected chi connectivity index (χ2v) is 8.29. The van der Waals surface area contributed by atoms with E-state index in [-0.39, 0.29) is 5.91 Å². The van der Waals surface area contributed by atoms with Crippen LogP contribution in [0.2, 0.25) is 0 Å². The van der Waals surface area contributed by atoms with Crippen LogP contribution in [0.4, 0.5) is 0 Å². The summed E-state index contributed by atoms with van der Waals surface area (Å²) in [5, 5.41) is 2.80. The lowest BCUT2D eigenvalue weighted by atomic mass is 10.1. The van der Waals surface area contributed by atoms with Crippen molar-refractivity contribution in [1.29, 1.82) is 0 Å². The predicted octanol–water partition coefficient (Wildman–Crippen LogP) is 4.05. The summed E-state index contributed by atoms with van der Waals surface area (Å²) in [4.78, 5) is 13.9. The summed E-state index contributed by atoms with van der Waals surface area (Å²) in [5.41, 5.74) is 1.12. The Hall–Kier alpha value is -1.87. The van der Waals surface area contributed by atoms with Gasteiger partial charge in [0.1, 0.15) is 11.5 Å². The van der Waals surface area contributed by atoms with Gasteiger partial charge in [-0.2, -0.15) is 0 Å². The molecule has 8 nitrogen and oxygen atoms in total. The van der Waals surface area contributed by atoms with Gasteiger partial charge in [0.2, 0.25) is 5.91 Å². The molecular formula is C27H48N2O6. The van der Waals surface area contributed by atoms with Gasteiger partial charge in [-0.25, -0.2) is 0 Å². The van der Waals surface area contributed by atoms with Gasteiger partial charge in [-0.3, -0.25) is 9.69 Å². The largest absolute Gasteiger partial charge is 0.496 e. The maximum absolute atomic E-state index is 11.5. The van der Waals surface area contributed by atoms with Crippen LogP contribution in [0.15, 0.2) is 18.2 Å². The van der Waals surface area contributed by atoms with Crippen molar-refractivity contribution in [3.63, 3.8) is 0 Å². The van der Waals surface area contributed by atoms with Gasteiger partial charge < -0.3 is 29.0 Å². The topological polar surface area (TPSA) is 78.5 Å². The first-order valence-corrected chi connectivity index (χ1v) is 13.2. The van der Waals surface area contributed by atoms with Crippen molar-refractivity contribution in [3.8, 4) is 11.5 Å². The minimum Gasteiger partial charge on any atom is -0.496 e. The molecule has 0 spiro atoms. The summed E-state index contributed by atoms with van der Waals surface area (Å²) in [6.45, 7) is 14.1. The van der Waals surface area contributed by atoms with Crippen LogP contribution < -0.4 is 14.8 Å². The maximum Gasteiger partial charge on any atom is 0.220 e. The number of hydrogen-bond acceptors (Lipinski definition) is 7. The molecule has 1 aromatic carbocycles. The van der Waals surface area contributed by atoms with Gasteiger partial charge in [-0.1, -0.05) is 26.3 Å². The molecule has 0 aromatic heterocycles. The molecule has 1 rings (SSSR count). The average molecular weight is 497 g/mol. The third-order valence-electron chi connectivity index (χ3n) is 5.44. The molecule has 1 N–H and O–H groups in total. The van der Waals surface area contributed by atoms with E-state index in [0.29, 0.717) is 59.0 Å². The number of benzene rings is 1. The molecule has 1 amide bonds. The number of ether oxygens (including phenoxy) is 5. The Balaban J connectivity index is 2.24. The number of nitrogens with one attached hydrogen (secondary N) is 1. The van der Waals surface area contributed by atoms with Crippen LogP contribution in [0.5, 0.6) is 11.5 Å². The minimum atomic E-state index is 0.0608. The fourth-order valence-electron chi connectivity index (χ4n) is 3.42. The van der Waals surface area contributed by atoms with Crippen LogP contribution in [0.3, 0.4) is 0 Å². The lowest BCUT2D eigenvalue weighted by molar-refractivity contribution is -0.121. The highest BCUT2D eigenvalue weighted by Gasteiger charge is 2.10. The third kappa shape index (κ3) is 15.7. The van der Waals surface area contributed by atoms with E-state index in [4.69, 9.17) is 23.7 Å². The maximum atomic E-state index is 11.5. The van der Waals surface area contributed by atoms with E-state index in [2.05, 4.69) is 30.1 Å². The smallest absolute Gasteiger partial charge is 0.220 e. The first-order valence-electron chi connectivity index (χ1n) is 13.2. The van der Waals surface area contributed by atoms with Crippen molar-refractivity contribution in [1.82, 2.24) is 10.2 Å². The first kappa shape index (κ1) is 31.2. The van der Waals surface area contributed by atoms with E-state index in [0.717, 1.165) is 62.6 Å². The van der Waals surface area contributed by atoms with Crippen molar-refractivity contribution < 1.29 is 28.5 Å². The molecule has 0 radical (unpaired) electrons. The Kier molecular flexibility index (Phi) is 19.1. The molecule has 0 saturated carbocycles. The van der Waals surface area contributed by atoms with E-state index in [9.17, 15) is 4.79 Å². The van der Waals surface area contributed by atoms with E-state index < -0.39 is 0 Å². The number of hydrogen-bond donors (Lipinski definition) is 1. The van der Waals surface area contributed by atoms with Crippen LogP contribution >= 0.6 is 0 Å². The molecule has 35 heavy (non-hydrogen) atoms. The SMILES string of the molecule is CCCCOCCOCCOCCCN(CC)Cc1ccc(OCCCC(=O)NCC)cc1OC. The second-order valence-electron chi connectivity index (χ2n) is 8.29. The van der Waals surface area contributed by atoms with Crippen molar-refractivity contribution in [2.75, 3.05) is 73.0 Å². The molecular weight excluding hydrogens is 448 g/mol. The van der Waals surface area contributed by atoms with Crippen molar-refractivity contribution >= 4 is 5.91 Å². The van der Waals surface area contributed by atoms with Crippen LogP contribution in [0.1, 0.15) is 58.4 Å².